The molecule has 0 saturated carbocycles. The van der Waals surface area contributed by atoms with Crippen LogP contribution in [0.15, 0.2) is 59.0 Å². The van der Waals surface area contributed by atoms with Gasteiger partial charge in [-0.15, -0.1) is 0 Å². The number of carbonyl (C=O) groups is 1. The Bertz CT molecular complexity index is 1060. The van der Waals surface area contributed by atoms with Gasteiger partial charge in [0.05, 0.1) is 18.9 Å². The summed E-state index contributed by atoms with van der Waals surface area (Å²) in [6.07, 6.45) is 1.81. The first-order valence-corrected chi connectivity index (χ1v) is 11.9. The number of rotatable bonds is 5. The number of ether oxygens (including phenoxy) is 1. The number of amides is 1. The summed E-state index contributed by atoms with van der Waals surface area (Å²) in [6.45, 7) is 7.34. The van der Waals surface area contributed by atoms with Gasteiger partial charge in [0.15, 0.2) is 0 Å². The first-order valence-electron chi connectivity index (χ1n) is 11.9. The number of oxazole rings is 1. The van der Waals surface area contributed by atoms with E-state index in [1.807, 2.05) is 30.0 Å². The molecule has 0 aliphatic carbocycles. The van der Waals surface area contributed by atoms with E-state index in [-0.39, 0.29) is 5.92 Å². The lowest BCUT2D eigenvalue weighted by molar-refractivity contribution is -0.141. The molecule has 0 spiro atoms. The first-order chi connectivity index (χ1) is 16.2. The van der Waals surface area contributed by atoms with Gasteiger partial charge in [-0.25, -0.2) is 4.98 Å². The molecular formula is C27H31N3O3. The van der Waals surface area contributed by atoms with Gasteiger partial charge in [-0.3, -0.25) is 9.69 Å². The zero-order chi connectivity index (χ0) is 22.6. The van der Waals surface area contributed by atoms with Crippen LogP contribution < -0.4 is 0 Å². The molecule has 2 aliphatic rings. The number of aryl methyl sites for hydroxylation is 1. The highest BCUT2D eigenvalue weighted by molar-refractivity contribution is 5.79. The van der Waals surface area contributed by atoms with Crippen molar-refractivity contribution in [2.75, 3.05) is 39.4 Å². The van der Waals surface area contributed by atoms with Crippen LogP contribution in [0, 0.1) is 12.8 Å². The minimum absolute atomic E-state index is 0.136. The molecule has 0 unspecified atom stereocenters. The topological polar surface area (TPSA) is 58.8 Å². The molecule has 0 radical (unpaired) electrons. The summed E-state index contributed by atoms with van der Waals surface area (Å²) in [6, 6.07) is 18.7. The third-order valence-corrected chi connectivity index (χ3v) is 6.76. The predicted molar refractivity (Wildman–Crippen MR) is 128 cm³/mol. The highest BCUT2D eigenvalue weighted by Crippen LogP contribution is 2.27. The second kappa shape index (κ2) is 9.89. The number of likely N-dealkylation sites (tertiary alicyclic amines) is 1. The monoisotopic (exact) mass is 445 g/mol. The van der Waals surface area contributed by atoms with Crippen molar-refractivity contribution in [2.45, 2.75) is 26.3 Å². The lowest BCUT2D eigenvalue weighted by Gasteiger charge is -2.35. The van der Waals surface area contributed by atoms with Crippen molar-refractivity contribution in [2.24, 2.45) is 5.92 Å². The van der Waals surface area contributed by atoms with Crippen molar-refractivity contribution in [3.63, 3.8) is 0 Å². The molecule has 0 N–H and O–H groups in total. The molecule has 2 saturated heterocycles. The smallest absolute Gasteiger partial charge is 0.226 e. The summed E-state index contributed by atoms with van der Waals surface area (Å²) in [5.41, 5.74) is 4.34. The van der Waals surface area contributed by atoms with Crippen LogP contribution in [0.3, 0.4) is 0 Å². The average molecular weight is 446 g/mol. The molecule has 6 heteroatoms. The maximum absolute atomic E-state index is 12.8. The minimum Gasteiger partial charge on any atom is -0.441 e. The normalized spacial score (nSPS) is 17.9. The second-order valence-electron chi connectivity index (χ2n) is 8.95. The standard InChI is InChI=1S/C27H31N3O3/c1-20-25(19-29-13-11-24(12-14-29)27(31)30-15-17-32-18-16-30)28-26(33-20)23-9-7-22(8-10-23)21-5-3-2-4-6-21/h2-10,24H,11-19H2,1H3. The van der Waals surface area contributed by atoms with Gasteiger partial charge < -0.3 is 14.1 Å². The summed E-state index contributed by atoms with van der Waals surface area (Å²) in [4.78, 5) is 21.9. The van der Waals surface area contributed by atoms with Crippen molar-refractivity contribution >= 4 is 5.91 Å². The van der Waals surface area contributed by atoms with E-state index in [1.165, 1.54) is 11.1 Å². The summed E-state index contributed by atoms with van der Waals surface area (Å²) < 4.78 is 11.4. The third kappa shape index (κ3) is 5.02. The number of morpholine rings is 1. The molecule has 3 aromatic rings. The van der Waals surface area contributed by atoms with Crippen LogP contribution in [0.5, 0.6) is 0 Å². The number of benzene rings is 2. The van der Waals surface area contributed by atoms with Crippen molar-refractivity contribution in [1.29, 1.82) is 0 Å². The van der Waals surface area contributed by atoms with Gasteiger partial charge >= 0.3 is 0 Å². The maximum atomic E-state index is 12.8. The minimum atomic E-state index is 0.136. The van der Waals surface area contributed by atoms with Gasteiger partial charge in [-0.1, -0.05) is 42.5 Å². The Morgan fingerprint density at radius 1 is 0.909 bits per heavy atom. The zero-order valence-electron chi connectivity index (χ0n) is 19.2. The van der Waals surface area contributed by atoms with Crippen LogP contribution >= 0.6 is 0 Å². The summed E-state index contributed by atoms with van der Waals surface area (Å²) >= 11 is 0. The summed E-state index contributed by atoms with van der Waals surface area (Å²) in [7, 11) is 0. The van der Waals surface area contributed by atoms with Crippen molar-refractivity contribution < 1.29 is 13.9 Å². The molecule has 3 heterocycles. The van der Waals surface area contributed by atoms with Gasteiger partial charge in [0.25, 0.3) is 0 Å². The number of carbonyl (C=O) groups excluding carboxylic acids is 1. The molecule has 172 valence electrons. The number of hydrogen-bond donors (Lipinski definition) is 0. The molecule has 1 amide bonds. The number of hydrogen-bond acceptors (Lipinski definition) is 5. The Kier molecular flexibility index (Phi) is 6.55. The summed E-state index contributed by atoms with van der Waals surface area (Å²) in [5, 5.41) is 0. The van der Waals surface area contributed by atoms with E-state index < -0.39 is 0 Å². The van der Waals surface area contributed by atoms with E-state index in [4.69, 9.17) is 14.1 Å². The quantitative estimate of drug-likeness (QED) is 0.583. The Balaban J connectivity index is 1.19. The largest absolute Gasteiger partial charge is 0.441 e. The molecule has 1 aromatic heterocycles. The van der Waals surface area contributed by atoms with Crippen LogP contribution in [0.2, 0.25) is 0 Å². The Morgan fingerprint density at radius 2 is 1.55 bits per heavy atom. The fourth-order valence-corrected chi connectivity index (χ4v) is 4.73. The molecule has 5 rings (SSSR count). The van der Waals surface area contributed by atoms with E-state index in [0.29, 0.717) is 25.0 Å². The highest BCUT2D eigenvalue weighted by atomic mass is 16.5. The van der Waals surface area contributed by atoms with Gasteiger partial charge in [0, 0.05) is 31.1 Å². The fraction of sp³-hybridized carbons (Fsp3) is 0.407. The molecule has 6 nitrogen and oxygen atoms in total. The lowest BCUT2D eigenvalue weighted by Crippen LogP contribution is -2.46. The Labute approximate surface area is 195 Å². The number of nitrogens with zero attached hydrogens (tertiary/aromatic N) is 3. The van der Waals surface area contributed by atoms with Gasteiger partial charge in [-0.05, 0) is 56.1 Å². The first kappa shape index (κ1) is 21.9. The predicted octanol–water partition coefficient (Wildman–Crippen LogP) is 4.39. The molecule has 2 fully saturated rings. The van der Waals surface area contributed by atoms with Gasteiger partial charge in [0.2, 0.25) is 11.8 Å². The maximum Gasteiger partial charge on any atom is 0.226 e. The van der Waals surface area contributed by atoms with Crippen molar-refractivity contribution in [3.8, 4) is 22.6 Å². The van der Waals surface area contributed by atoms with Gasteiger partial charge in [-0.2, -0.15) is 0 Å². The van der Waals surface area contributed by atoms with E-state index in [2.05, 4.69) is 41.3 Å². The number of aromatic nitrogens is 1. The van der Waals surface area contributed by atoms with Gasteiger partial charge in [0.1, 0.15) is 5.76 Å². The lowest BCUT2D eigenvalue weighted by atomic mass is 9.95. The van der Waals surface area contributed by atoms with E-state index in [0.717, 1.165) is 62.6 Å². The molecular weight excluding hydrogens is 414 g/mol. The van der Waals surface area contributed by atoms with Crippen molar-refractivity contribution in [1.82, 2.24) is 14.8 Å². The van der Waals surface area contributed by atoms with Crippen LogP contribution in [0.25, 0.3) is 22.6 Å². The van der Waals surface area contributed by atoms with Crippen LogP contribution in [0.1, 0.15) is 24.3 Å². The van der Waals surface area contributed by atoms with E-state index in [1.54, 1.807) is 0 Å². The summed E-state index contributed by atoms with van der Waals surface area (Å²) in [5.74, 6) is 1.97. The van der Waals surface area contributed by atoms with Crippen LogP contribution in [-0.4, -0.2) is 60.1 Å². The molecule has 2 aromatic carbocycles. The molecule has 0 bridgehead atoms. The molecule has 0 atom stereocenters. The Hall–Kier alpha value is -2.96. The number of piperidine rings is 1. The third-order valence-electron chi connectivity index (χ3n) is 6.76. The Morgan fingerprint density at radius 3 is 2.24 bits per heavy atom. The van der Waals surface area contributed by atoms with Crippen molar-refractivity contribution in [3.05, 3.63) is 66.1 Å². The molecule has 2 aliphatic heterocycles. The second-order valence-corrected chi connectivity index (χ2v) is 8.95. The SMILES string of the molecule is Cc1oc(-c2ccc(-c3ccccc3)cc2)nc1CN1CCC(C(=O)N2CCOCC2)CC1. The molecule has 33 heavy (non-hydrogen) atoms. The van der Waals surface area contributed by atoms with Crippen LogP contribution in [0.4, 0.5) is 0 Å². The highest BCUT2D eigenvalue weighted by Gasteiger charge is 2.30. The zero-order valence-corrected chi connectivity index (χ0v) is 19.2. The van der Waals surface area contributed by atoms with E-state index in [9.17, 15) is 4.79 Å². The average Bonchev–Trinajstić information content (AvgIpc) is 3.25. The van der Waals surface area contributed by atoms with Crippen LogP contribution in [-0.2, 0) is 16.1 Å². The fourth-order valence-electron chi connectivity index (χ4n) is 4.73. The van der Waals surface area contributed by atoms with E-state index >= 15 is 0 Å².